The van der Waals surface area contributed by atoms with Crippen molar-refractivity contribution in [2.45, 2.75) is 25.9 Å². The fourth-order valence-electron chi connectivity index (χ4n) is 0.885. The zero-order valence-electron chi connectivity index (χ0n) is 7.79. The van der Waals surface area contributed by atoms with Gasteiger partial charge in [0.05, 0.1) is 25.2 Å². The Bertz CT molecular complexity index is 142. The highest BCUT2D eigenvalue weighted by atomic mass is 16.5. The van der Waals surface area contributed by atoms with E-state index in [0.717, 1.165) is 0 Å². The normalized spacial score (nSPS) is 15.3. The monoisotopic (exact) mass is 176 g/mol. The number of hydrogen-bond donors (Lipinski definition) is 1. The summed E-state index contributed by atoms with van der Waals surface area (Å²) >= 11 is 0. The molecule has 72 valence electrons. The van der Waals surface area contributed by atoms with Crippen LogP contribution in [0.4, 0.5) is 0 Å². The van der Waals surface area contributed by atoms with Crippen LogP contribution in [0.25, 0.3) is 0 Å². The van der Waals surface area contributed by atoms with E-state index in [1.54, 1.807) is 6.92 Å². The standard InChI is InChI=1S/C8H16O4/c1-4-12-7(9)5-8(2,10)6-11-3/h10H,4-6H2,1-3H3. The fraction of sp³-hybridized carbons (Fsp3) is 0.875. The summed E-state index contributed by atoms with van der Waals surface area (Å²) in [7, 11) is 1.47. The minimum absolute atomic E-state index is 0.0331. The number of ether oxygens (including phenoxy) is 2. The molecule has 0 heterocycles. The first-order chi connectivity index (χ1) is 5.52. The van der Waals surface area contributed by atoms with E-state index in [2.05, 4.69) is 4.74 Å². The van der Waals surface area contributed by atoms with E-state index >= 15 is 0 Å². The zero-order valence-corrected chi connectivity index (χ0v) is 7.79. The Balaban J connectivity index is 3.79. The number of esters is 1. The Morgan fingerprint density at radius 1 is 1.58 bits per heavy atom. The van der Waals surface area contributed by atoms with Crippen LogP contribution in [0.3, 0.4) is 0 Å². The summed E-state index contributed by atoms with van der Waals surface area (Å²) < 4.78 is 9.40. The van der Waals surface area contributed by atoms with Crippen molar-refractivity contribution in [1.29, 1.82) is 0 Å². The van der Waals surface area contributed by atoms with E-state index in [4.69, 9.17) is 4.74 Å². The van der Waals surface area contributed by atoms with E-state index in [1.807, 2.05) is 0 Å². The largest absolute Gasteiger partial charge is 0.466 e. The zero-order chi connectivity index (χ0) is 9.61. The number of hydrogen-bond acceptors (Lipinski definition) is 4. The first-order valence-corrected chi connectivity index (χ1v) is 3.89. The lowest BCUT2D eigenvalue weighted by atomic mass is 10.0. The molecule has 0 aliphatic carbocycles. The van der Waals surface area contributed by atoms with Crippen molar-refractivity contribution in [2.75, 3.05) is 20.3 Å². The van der Waals surface area contributed by atoms with Gasteiger partial charge >= 0.3 is 5.97 Å². The summed E-state index contributed by atoms with van der Waals surface area (Å²) in [6.45, 7) is 3.73. The van der Waals surface area contributed by atoms with Crippen molar-refractivity contribution < 1.29 is 19.4 Å². The average Bonchev–Trinajstić information content (AvgIpc) is 1.85. The molecule has 0 aromatic carbocycles. The molecule has 0 fully saturated rings. The molecule has 0 aliphatic heterocycles. The summed E-state index contributed by atoms with van der Waals surface area (Å²) in [5, 5.41) is 9.49. The van der Waals surface area contributed by atoms with Gasteiger partial charge in [-0.2, -0.15) is 0 Å². The molecule has 0 amide bonds. The summed E-state index contributed by atoms with van der Waals surface area (Å²) in [5.41, 5.74) is -1.12. The molecular formula is C8H16O4. The van der Waals surface area contributed by atoms with Gasteiger partial charge in [-0.3, -0.25) is 4.79 Å². The van der Waals surface area contributed by atoms with Gasteiger partial charge in [0.2, 0.25) is 0 Å². The third-order valence-corrected chi connectivity index (χ3v) is 1.29. The lowest BCUT2D eigenvalue weighted by Crippen LogP contribution is -2.33. The van der Waals surface area contributed by atoms with Gasteiger partial charge in [0, 0.05) is 7.11 Å². The molecule has 0 saturated heterocycles. The predicted octanol–water partition coefficient (Wildman–Crippen LogP) is 0.337. The highest BCUT2D eigenvalue weighted by Crippen LogP contribution is 2.10. The maximum atomic E-state index is 10.9. The molecule has 12 heavy (non-hydrogen) atoms. The van der Waals surface area contributed by atoms with E-state index < -0.39 is 11.6 Å². The topological polar surface area (TPSA) is 55.8 Å². The molecule has 0 aromatic rings. The van der Waals surface area contributed by atoms with Crippen LogP contribution in [0.5, 0.6) is 0 Å². The highest BCUT2D eigenvalue weighted by molar-refractivity contribution is 5.70. The molecule has 0 aliphatic rings. The molecule has 0 radical (unpaired) electrons. The van der Waals surface area contributed by atoms with Crippen LogP contribution in [0.1, 0.15) is 20.3 Å². The lowest BCUT2D eigenvalue weighted by Gasteiger charge is -2.20. The van der Waals surface area contributed by atoms with Gasteiger partial charge in [-0.15, -0.1) is 0 Å². The minimum atomic E-state index is -1.12. The van der Waals surface area contributed by atoms with Crippen LogP contribution in [-0.2, 0) is 14.3 Å². The van der Waals surface area contributed by atoms with Gasteiger partial charge in [0.1, 0.15) is 0 Å². The number of aliphatic hydroxyl groups is 1. The SMILES string of the molecule is CCOC(=O)CC(C)(O)COC. The maximum Gasteiger partial charge on any atom is 0.308 e. The summed E-state index contributed by atoms with van der Waals surface area (Å²) in [6.07, 6.45) is -0.0331. The van der Waals surface area contributed by atoms with Gasteiger partial charge in [-0.05, 0) is 13.8 Å². The number of methoxy groups -OCH3 is 1. The minimum Gasteiger partial charge on any atom is -0.466 e. The molecule has 0 aromatic heterocycles. The van der Waals surface area contributed by atoms with Crippen LogP contribution in [-0.4, -0.2) is 37.0 Å². The molecule has 0 bridgehead atoms. The first-order valence-electron chi connectivity index (χ1n) is 3.89. The Hall–Kier alpha value is -0.610. The van der Waals surface area contributed by atoms with Crippen molar-refractivity contribution >= 4 is 5.97 Å². The highest BCUT2D eigenvalue weighted by Gasteiger charge is 2.24. The van der Waals surface area contributed by atoms with E-state index in [-0.39, 0.29) is 13.0 Å². The Kier molecular flexibility index (Phi) is 4.85. The molecule has 0 rings (SSSR count). The second-order valence-electron chi connectivity index (χ2n) is 2.91. The number of carbonyl (C=O) groups is 1. The fourth-order valence-corrected chi connectivity index (χ4v) is 0.885. The predicted molar refractivity (Wildman–Crippen MR) is 43.7 cm³/mol. The van der Waals surface area contributed by atoms with Crippen LogP contribution >= 0.6 is 0 Å². The van der Waals surface area contributed by atoms with Gasteiger partial charge in [-0.25, -0.2) is 0 Å². The van der Waals surface area contributed by atoms with Crippen LogP contribution in [0.15, 0.2) is 0 Å². The van der Waals surface area contributed by atoms with Crippen molar-refractivity contribution in [2.24, 2.45) is 0 Å². The van der Waals surface area contributed by atoms with Gasteiger partial charge in [-0.1, -0.05) is 0 Å². The Labute approximate surface area is 72.5 Å². The Morgan fingerprint density at radius 2 is 2.17 bits per heavy atom. The maximum absolute atomic E-state index is 10.9. The van der Waals surface area contributed by atoms with E-state index in [1.165, 1.54) is 14.0 Å². The van der Waals surface area contributed by atoms with Crippen molar-refractivity contribution in [3.8, 4) is 0 Å². The van der Waals surface area contributed by atoms with Crippen LogP contribution < -0.4 is 0 Å². The quantitative estimate of drug-likeness (QED) is 0.613. The smallest absolute Gasteiger partial charge is 0.308 e. The van der Waals surface area contributed by atoms with Crippen LogP contribution in [0, 0.1) is 0 Å². The third kappa shape index (κ3) is 5.09. The molecule has 4 nitrogen and oxygen atoms in total. The second-order valence-corrected chi connectivity index (χ2v) is 2.91. The molecule has 1 unspecified atom stereocenters. The molecule has 4 heteroatoms. The summed E-state index contributed by atoms with van der Waals surface area (Å²) in [5.74, 6) is -0.403. The number of carbonyl (C=O) groups excluding carboxylic acids is 1. The van der Waals surface area contributed by atoms with Gasteiger partial charge in [0.15, 0.2) is 0 Å². The molecule has 1 N–H and O–H groups in total. The second kappa shape index (κ2) is 5.11. The summed E-state index contributed by atoms with van der Waals surface area (Å²) in [6, 6.07) is 0. The van der Waals surface area contributed by atoms with Crippen molar-refractivity contribution in [1.82, 2.24) is 0 Å². The van der Waals surface area contributed by atoms with Crippen molar-refractivity contribution in [3.05, 3.63) is 0 Å². The number of rotatable bonds is 5. The average molecular weight is 176 g/mol. The van der Waals surface area contributed by atoms with Crippen LogP contribution in [0.2, 0.25) is 0 Å². The lowest BCUT2D eigenvalue weighted by molar-refractivity contribution is -0.149. The molecule has 0 saturated carbocycles. The molecule has 1 atom stereocenters. The van der Waals surface area contributed by atoms with E-state index in [0.29, 0.717) is 6.61 Å². The summed E-state index contributed by atoms with van der Waals surface area (Å²) in [4.78, 5) is 10.9. The van der Waals surface area contributed by atoms with Gasteiger partial charge in [0.25, 0.3) is 0 Å². The third-order valence-electron chi connectivity index (χ3n) is 1.29. The Morgan fingerprint density at radius 3 is 2.58 bits per heavy atom. The molecule has 0 spiro atoms. The molecular weight excluding hydrogens is 160 g/mol. The van der Waals surface area contributed by atoms with Crippen molar-refractivity contribution in [3.63, 3.8) is 0 Å². The van der Waals surface area contributed by atoms with E-state index in [9.17, 15) is 9.90 Å². The van der Waals surface area contributed by atoms with Gasteiger partial charge < -0.3 is 14.6 Å². The first kappa shape index (κ1) is 11.4.